The van der Waals surface area contributed by atoms with Crippen LogP contribution in [-0.4, -0.2) is 40.7 Å². The molecular weight excluding hydrogens is 350 g/mol. The van der Waals surface area contributed by atoms with Gasteiger partial charge in [0.2, 0.25) is 0 Å². The van der Waals surface area contributed by atoms with E-state index in [1.54, 1.807) is 11.6 Å². The lowest BCUT2D eigenvalue weighted by Crippen LogP contribution is -2.21. The number of benzene rings is 2. The molecule has 5 nitrogen and oxygen atoms in total. The van der Waals surface area contributed by atoms with E-state index in [4.69, 9.17) is 9.72 Å². The van der Waals surface area contributed by atoms with Gasteiger partial charge in [0.25, 0.3) is 5.56 Å². The van der Waals surface area contributed by atoms with Crippen molar-refractivity contribution in [2.24, 2.45) is 7.05 Å². The highest BCUT2D eigenvalue weighted by Gasteiger charge is 2.12. The molecule has 2 aromatic carbocycles. The zero-order chi connectivity index (χ0) is 19.5. The number of ether oxygens (including phenoxy) is 1. The summed E-state index contributed by atoms with van der Waals surface area (Å²) in [5.41, 5.74) is 2.66. The molecule has 0 aliphatic carbocycles. The lowest BCUT2D eigenvalue weighted by molar-refractivity contribution is 0.263. The quantitative estimate of drug-likeness (QED) is 0.614. The summed E-state index contributed by atoms with van der Waals surface area (Å²) in [7, 11) is 1.77. The van der Waals surface area contributed by atoms with Crippen molar-refractivity contribution >= 4 is 10.9 Å². The molecule has 1 aliphatic rings. The largest absolute Gasteiger partial charge is 0.494 e. The Morgan fingerprint density at radius 1 is 1.07 bits per heavy atom. The van der Waals surface area contributed by atoms with Gasteiger partial charge in [-0.3, -0.25) is 9.36 Å². The van der Waals surface area contributed by atoms with Gasteiger partial charge in [0.15, 0.2) is 0 Å². The summed E-state index contributed by atoms with van der Waals surface area (Å²) in [5, 5.41) is 0.657. The smallest absolute Gasteiger partial charge is 0.261 e. The zero-order valence-corrected chi connectivity index (χ0v) is 16.6. The molecule has 1 aliphatic heterocycles. The second-order valence-corrected chi connectivity index (χ2v) is 7.55. The third-order valence-corrected chi connectivity index (χ3v) is 5.51. The topological polar surface area (TPSA) is 47.4 Å². The van der Waals surface area contributed by atoms with E-state index in [1.165, 1.54) is 25.9 Å². The molecule has 0 N–H and O–H groups in total. The first-order chi connectivity index (χ1) is 13.6. The van der Waals surface area contributed by atoms with Crippen LogP contribution in [0.25, 0.3) is 22.3 Å². The van der Waals surface area contributed by atoms with Crippen LogP contribution >= 0.6 is 0 Å². The van der Waals surface area contributed by atoms with Crippen molar-refractivity contribution in [1.82, 2.24) is 14.5 Å². The van der Waals surface area contributed by atoms with Crippen molar-refractivity contribution in [2.45, 2.75) is 26.2 Å². The van der Waals surface area contributed by atoms with Gasteiger partial charge in [0.1, 0.15) is 11.6 Å². The average Bonchev–Trinajstić information content (AvgIpc) is 3.23. The first kappa shape index (κ1) is 18.7. The summed E-state index contributed by atoms with van der Waals surface area (Å²) in [6.45, 7) is 6.28. The van der Waals surface area contributed by atoms with E-state index < -0.39 is 0 Å². The Labute approximate surface area is 165 Å². The minimum Gasteiger partial charge on any atom is -0.494 e. The second kappa shape index (κ2) is 8.15. The summed E-state index contributed by atoms with van der Waals surface area (Å²) in [4.78, 5) is 20.0. The number of aryl methyl sites for hydroxylation is 1. The first-order valence-corrected chi connectivity index (χ1v) is 10.1. The van der Waals surface area contributed by atoms with E-state index in [9.17, 15) is 4.79 Å². The van der Waals surface area contributed by atoms with Crippen LogP contribution in [-0.2, 0) is 7.05 Å². The van der Waals surface area contributed by atoms with Crippen LogP contribution in [0.5, 0.6) is 5.75 Å². The monoisotopic (exact) mass is 377 g/mol. The highest BCUT2D eigenvalue weighted by Crippen LogP contribution is 2.22. The number of fused-ring (bicyclic) bond motifs is 1. The molecule has 1 fully saturated rings. The Hall–Kier alpha value is -2.66. The van der Waals surface area contributed by atoms with E-state index in [0.717, 1.165) is 42.0 Å². The van der Waals surface area contributed by atoms with Gasteiger partial charge in [-0.1, -0.05) is 12.1 Å². The molecule has 5 heteroatoms. The molecular formula is C23H27N3O2. The first-order valence-electron chi connectivity index (χ1n) is 10.1. The maximum atomic E-state index is 12.7. The Balaban J connectivity index is 1.48. The highest BCUT2D eigenvalue weighted by molar-refractivity contribution is 5.82. The second-order valence-electron chi connectivity index (χ2n) is 7.55. The minimum atomic E-state index is -0.0223. The van der Waals surface area contributed by atoms with Gasteiger partial charge in [-0.2, -0.15) is 0 Å². The van der Waals surface area contributed by atoms with E-state index in [-0.39, 0.29) is 5.56 Å². The Kier molecular flexibility index (Phi) is 5.44. The molecule has 0 bridgehead atoms. The fraction of sp³-hybridized carbons (Fsp3) is 0.391. The van der Waals surface area contributed by atoms with Gasteiger partial charge in [-0.25, -0.2) is 4.98 Å². The molecule has 3 aromatic rings. The van der Waals surface area contributed by atoms with Crippen molar-refractivity contribution < 1.29 is 4.74 Å². The van der Waals surface area contributed by atoms with Crippen LogP contribution < -0.4 is 10.3 Å². The summed E-state index contributed by atoms with van der Waals surface area (Å²) >= 11 is 0. The normalized spacial score (nSPS) is 14.6. The van der Waals surface area contributed by atoms with Gasteiger partial charge in [-0.15, -0.1) is 0 Å². The number of rotatable bonds is 6. The number of aromatic nitrogens is 2. The van der Waals surface area contributed by atoms with Gasteiger partial charge in [0, 0.05) is 19.2 Å². The Morgan fingerprint density at radius 3 is 2.57 bits per heavy atom. The van der Waals surface area contributed by atoms with Crippen molar-refractivity contribution in [2.75, 3.05) is 26.2 Å². The van der Waals surface area contributed by atoms with Crippen LogP contribution in [0.2, 0.25) is 0 Å². The molecule has 28 heavy (non-hydrogen) atoms. The molecule has 0 radical (unpaired) electrons. The van der Waals surface area contributed by atoms with Gasteiger partial charge in [0.05, 0.1) is 17.5 Å². The zero-order valence-electron chi connectivity index (χ0n) is 16.6. The van der Waals surface area contributed by atoms with Crippen LogP contribution in [0.4, 0.5) is 0 Å². The van der Waals surface area contributed by atoms with Crippen molar-refractivity contribution in [3.63, 3.8) is 0 Å². The molecule has 4 rings (SSSR count). The van der Waals surface area contributed by atoms with Crippen LogP contribution in [0, 0.1) is 6.92 Å². The molecule has 1 aromatic heterocycles. The highest BCUT2D eigenvalue weighted by atomic mass is 16.5. The summed E-state index contributed by atoms with van der Waals surface area (Å²) in [6.07, 6.45) is 3.70. The fourth-order valence-electron chi connectivity index (χ4n) is 3.88. The predicted molar refractivity (Wildman–Crippen MR) is 113 cm³/mol. The minimum absolute atomic E-state index is 0.0223. The third kappa shape index (κ3) is 3.80. The van der Waals surface area contributed by atoms with Crippen LogP contribution in [0.15, 0.2) is 47.3 Å². The number of para-hydroxylation sites is 1. The van der Waals surface area contributed by atoms with Gasteiger partial charge >= 0.3 is 0 Å². The number of hydrogen-bond donors (Lipinski definition) is 0. The molecule has 1 saturated heterocycles. The lowest BCUT2D eigenvalue weighted by Gasteiger charge is -2.14. The summed E-state index contributed by atoms with van der Waals surface area (Å²) < 4.78 is 7.50. The molecule has 0 atom stereocenters. The maximum Gasteiger partial charge on any atom is 0.261 e. The van der Waals surface area contributed by atoms with E-state index >= 15 is 0 Å². The SMILES string of the molecule is Cc1cccc2c(=O)n(C)c(-c3ccc(OCCCN4CCCC4)cc3)nc12. The molecule has 0 saturated carbocycles. The number of nitrogens with zero attached hydrogens (tertiary/aromatic N) is 3. The molecule has 2 heterocycles. The van der Waals surface area contributed by atoms with Crippen molar-refractivity contribution in [1.29, 1.82) is 0 Å². The Morgan fingerprint density at radius 2 is 1.82 bits per heavy atom. The standard InChI is InChI=1S/C23H27N3O2/c1-17-7-5-8-20-21(17)24-22(25(2)23(20)27)18-9-11-19(12-10-18)28-16-6-15-26-13-3-4-14-26/h5,7-12H,3-4,6,13-16H2,1-2H3. The van der Waals surface area contributed by atoms with Crippen molar-refractivity contribution in [3.05, 3.63) is 58.4 Å². The summed E-state index contributed by atoms with van der Waals surface area (Å²) in [5.74, 6) is 1.53. The molecule has 146 valence electrons. The van der Waals surface area contributed by atoms with Gasteiger partial charge in [-0.05, 0) is 75.2 Å². The fourth-order valence-corrected chi connectivity index (χ4v) is 3.88. The number of hydrogen-bond acceptors (Lipinski definition) is 4. The van der Waals surface area contributed by atoms with E-state index in [1.807, 2.05) is 49.4 Å². The molecule has 0 spiro atoms. The average molecular weight is 377 g/mol. The van der Waals surface area contributed by atoms with E-state index in [2.05, 4.69) is 4.90 Å². The molecule has 0 amide bonds. The van der Waals surface area contributed by atoms with E-state index in [0.29, 0.717) is 11.2 Å². The summed E-state index contributed by atoms with van der Waals surface area (Å²) in [6, 6.07) is 13.6. The maximum absolute atomic E-state index is 12.7. The van der Waals surface area contributed by atoms with Crippen molar-refractivity contribution in [3.8, 4) is 17.1 Å². The molecule has 0 unspecified atom stereocenters. The predicted octanol–water partition coefficient (Wildman–Crippen LogP) is 3.77. The lowest BCUT2D eigenvalue weighted by atomic mass is 10.1. The van der Waals surface area contributed by atoms with Crippen LogP contribution in [0.3, 0.4) is 0 Å². The Bertz CT molecular complexity index is 1020. The van der Waals surface area contributed by atoms with Crippen LogP contribution in [0.1, 0.15) is 24.8 Å². The van der Waals surface area contributed by atoms with Gasteiger partial charge < -0.3 is 9.64 Å². The third-order valence-electron chi connectivity index (χ3n) is 5.51. The number of likely N-dealkylation sites (tertiary alicyclic amines) is 1.